The fourth-order valence-electron chi connectivity index (χ4n) is 2.99. The first-order valence-corrected chi connectivity index (χ1v) is 8.56. The van der Waals surface area contributed by atoms with Crippen LogP contribution in [0.1, 0.15) is 30.6 Å². The van der Waals surface area contributed by atoms with Gasteiger partial charge in [-0.3, -0.25) is 14.5 Å². The highest BCUT2D eigenvalue weighted by atomic mass is 16.2. The van der Waals surface area contributed by atoms with E-state index in [1.807, 2.05) is 6.07 Å². The summed E-state index contributed by atoms with van der Waals surface area (Å²) in [5.74, 6) is 0.157. The SMILES string of the molecule is CCN(CC)CCC(=O)N1c2ccccc2C(=O)Nc2cccnc21. The van der Waals surface area contributed by atoms with E-state index in [9.17, 15) is 9.59 Å². The first kappa shape index (κ1) is 17.1. The molecule has 6 nitrogen and oxygen atoms in total. The molecule has 1 N–H and O–H groups in total. The summed E-state index contributed by atoms with van der Waals surface area (Å²) in [7, 11) is 0. The predicted molar refractivity (Wildman–Crippen MR) is 98.2 cm³/mol. The highest BCUT2D eigenvalue weighted by molar-refractivity contribution is 6.17. The summed E-state index contributed by atoms with van der Waals surface area (Å²) in [5.41, 5.74) is 1.58. The molecule has 25 heavy (non-hydrogen) atoms. The fraction of sp³-hybridized carbons (Fsp3) is 0.316. The highest BCUT2D eigenvalue weighted by Crippen LogP contribution is 2.36. The minimum absolute atomic E-state index is 0.0733. The van der Waals surface area contributed by atoms with Gasteiger partial charge in [0, 0.05) is 19.2 Å². The normalized spacial score (nSPS) is 13.1. The zero-order chi connectivity index (χ0) is 17.8. The summed E-state index contributed by atoms with van der Waals surface area (Å²) >= 11 is 0. The average molecular weight is 338 g/mol. The van der Waals surface area contributed by atoms with Crippen LogP contribution in [0, 0.1) is 0 Å². The van der Waals surface area contributed by atoms with Gasteiger partial charge in [0.1, 0.15) is 0 Å². The van der Waals surface area contributed by atoms with E-state index in [1.165, 1.54) is 0 Å². The number of aromatic nitrogens is 1. The van der Waals surface area contributed by atoms with Crippen molar-refractivity contribution in [3.63, 3.8) is 0 Å². The van der Waals surface area contributed by atoms with Gasteiger partial charge in [-0.2, -0.15) is 0 Å². The third-order valence-corrected chi connectivity index (χ3v) is 4.42. The first-order chi connectivity index (χ1) is 12.2. The van der Waals surface area contributed by atoms with Crippen LogP contribution < -0.4 is 10.2 Å². The molecule has 0 unspecified atom stereocenters. The molecular formula is C19H22N4O2. The molecule has 2 heterocycles. The van der Waals surface area contributed by atoms with Gasteiger partial charge >= 0.3 is 0 Å². The minimum Gasteiger partial charge on any atom is -0.319 e. The number of hydrogen-bond donors (Lipinski definition) is 1. The number of hydrogen-bond acceptors (Lipinski definition) is 4. The van der Waals surface area contributed by atoms with Gasteiger partial charge in [-0.15, -0.1) is 0 Å². The van der Waals surface area contributed by atoms with Gasteiger partial charge in [-0.05, 0) is 37.4 Å². The van der Waals surface area contributed by atoms with E-state index < -0.39 is 0 Å². The number of carbonyl (C=O) groups excluding carboxylic acids is 2. The maximum absolute atomic E-state index is 13.0. The molecule has 130 valence electrons. The Morgan fingerprint density at radius 2 is 1.92 bits per heavy atom. The second-order valence-corrected chi connectivity index (χ2v) is 5.85. The van der Waals surface area contributed by atoms with Crippen molar-refractivity contribution in [2.45, 2.75) is 20.3 Å². The third kappa shape index (κ3) is 3.39. The van der Waals surface area contributed by atoms with Crippen LogP contribution in [0.3, 0.4) is 0 Å². The van der Waals surface area contributed by atoms with Crippen LogP contribution in [-0.2, 0) is 4.79 Å². The number of nitrogens with one attached hydrogen (secondary N) is 1. The molecule has 3 rings (SSSR count). The lowest BCUT2D eigenvalue weighted by atomic mass is 10.1. The fourth-order valence-corrected chi connectivity index (χ4v) is 2.99. The smallest absolute Gasteiger partial charge is 0.257 e. The molecule has 2 aromatic rings. The Hall–Kier alpha value is -2.73. The summed E-state index contributed by atoms with van der Waals surface area (Å²) in [6.45, 7) is 6.63. The maximum atomic E-state index is 13.0. The van der Waals surface area contributed by atoms with Gasteiger partial charge in [0.05, 0.1) is 16.9 Å². The monoisotopic (exact) mass is 338 g/mol. The largest absolute Gasteiger partial charge is 0.319 e. The van der Waals surface area contributed by atoms with Gasteiger partial charge in [0.2, 0.25) is 5.91 Å². The molecule has 0 fully saturated rings. The number of benzene rings is 1. The summed E-state index contributed by atoms with van der Waals surface area (Å²) in [4.78, 5) is 33.7. The summed E-state index contributed by atoms with van der Waals surface area (Å²) < 4.78 is 0. The molecule has 0 radical (unpaired) electrons. The predicted octanol–water partition coefficient (Wildman–Crippen LogP) is 3.04. The van der Waals surface area contributed by atoms with Crippen molar-refractivity contribution in [1.29, 1.82) is 0 Å². The van der Waals surface area contributed by atoms with Crippen molar-refractivity contribution < 1.29 is 9.59 Å². The number of para-hydroxylation sites is 1. The van der Waals surface area contributed by atoms with E-state index in [-0.39, 0.29) is 11.8 Å². The van der Waals surface area contributed by atoms with Crippen molar-refractivity contribution >= 4 is 29.0 Å². The van der Waals surface area contributed by atoms with Crippen molar-refractivity contribution in [1.82, 2.24) is 9.88 Å². The number of pyridine rings is 1. The number of anilines is 3. The van der Waals surface area contributed by atoms with Crippen LogP contribution >= 0.6 is 0 Å². The molecular weight excluding hydrogens is 316 g/mol. The number of amides is 2. The number of nitrogens with zero attached hydrogens (tertiary/aromatic N) is 3. The Labute approximate surface area is 147 Å². The molecule has 1 aromatic heterocycles. The Bertz CT molecular complexity index is 786. The van der Waals surface area contributed by atoms with Crippen LogP contribution in [0.25, 0.3) is 0 Å². The molecule has 0 aliphatic carbocycles. The molecule has 0 bridgehead atoms. The Morgan fingerprint density at radius 3 is 2.68 bits per heavy atom. The lowest BCUT2D eigenvalue weighted by molar-refractivity contribution is -0.118. The number of fused-ring (bicyclic) bond motifs is 2. The van der Waals surface area contributed by atoms with E-state index in [1.54, 1.807) is 41.4 Å². The number of carbonyl (C=O) groups is 2. The lowest BCUT2D eigenvalue weighted by Crippen LogP contribution is -2.32. The standard InChI is InChI=1S/C19H22N4O2/c1-3-22(4-2)13-11-17(24)23-16-10-6-5-8-14(16)19(25)21-15-9-7-12-20-18(15)23/h5-10,12H,3-4,11,13H2,1-2H3,(H,21,25). The topological polar surface area (TPSA) is 65.5 Å². The second-order valence-electron chi connectivity index (χ2n) is 5.85. The molecule has 0 spiro atoms. The summed E-state index contributed by atoms with van der Waals surface area (Å²) in [6, 6.07) is 10.6. The van der Waals surface area contributed by atoms with Crippen LogP contribution in [0.2, 0.25) is 0 Å². The number of rotatable bonds is 5. The van der Waals surface area contributed by atoms with Gasteiger partial charge in [0.25, 0.3) is 5.91 Å². The maximum Gasteiger partial charge on any atom is 0.257 e. The quantitative estimate of drug-likeness (QED) is 0.910. The second kappa shape index (κ2) is 7.44. The Morgan fingerprint density at radius 1 is 1.16 bits per heavy atom. The van der Waals surface area contributed by atoms with Crippen LogP contribution in [-0.4, -0.2) is 41.3 Å². The zero-order valence-corrected chi connectivity index (χ0v) is 14.5. The lowest BCUT2D eigenvalue weighted by Gasteiger charge is -2.24. The first-order valence-electron chi connectivity index (χ1n) is 8.56. The highest BCUT2D eigenvalue weighted by Gasteiger charge is 2.29. The van der Waals surface area contributed by atoms with Crippen molar-refractivity contribution in [2.24, 2.45) is 0 Å². The van der Waals surface area contributed by atoms with E-state index in [0.717, 1.165) is 13.1 Å². The van der Waals surface area contributed by atoms with E-state index >= 15 is 0 Å². The van der Waals surface area contributed by atoms with Gasteiger partial charge in [-0.1, -0.05) is 26.0 Å². The van der Waals surface area contributed by atoms with Crippen molar-refractivity contribution in [3.05, 3.63) is 48.2 Å². The molecule has 0 atom stereocenters. The Balaban J connectivity index is 2.01. The molecule has 6 heteroatoms. The molecule has 0 saturated heterocycles. The average Bonchev–Trinajstić information content (AvgIpc) is 2.76. The van der Waals surface area contributed by atoms with Gasteiger partial charge < -0.3 is 10.2 Å². The Kier molecular flexibility index (Phi) is 5.09. The van der Waals surface area contributed by atoms with Crippen molar-refractivity contribution in [3.8, 4) is 0 Å². The van der Waals surface area contributed by atoms with Crippen LogP contribution in [0.15, 0.2) is 42.6 Å². The molecule has 1 aliphatic rings. The van der Waals surface area contributed by atoms with Crippen LogP contribution in [0.5, 0.6) is 0 Å². The molecule has 1 aliphatic heterocycles. The zero-order valence-electron chi connectivity index (χ0n) is 14.5. The molecule has 2 amide bonds. The molecule has 0 saturated carbocycles. The summed E-state index contributed by atoms with van der Waals surface area (Å²) in [5, 5.41) is 2.84. The molecule has 1 aromatic carbocycles. The van der Waals surface area contributed by atoms with Gasteiger partial charge in [-0.25, -0.2) is 4.98 Å². The van der Waals surface area contributed by atoms with E-state index in [4.69, 9.17) is 0 Å². The summed E-state index contributed by atoms with van der Waals surface area (Å²) in [6.07, 6.45) is 1.99. The minimum atomic E-state index is -0.233. The van der Waals surface area contributed by atoms with E-state index in [0.29, 0.717) is 35.7 Å². The van der Waals surface area contributed by atoms with Crippen molar-refractivity contribution in [2.75, 3.05) is 29.9 Å². The van der Waals surface area contributed by atoms with Gasteiger partial charge in [0.15, 0.2) is 5.82 Å². The third-order valence-electron chi connectivity index (χ3n) is 4.42. The van der Waals surface area contributed by atoms with E-state index in [2.05, 4.69) is 29.0 Å². The van der Waals surface area contributed by atoms with Crippen LogP contribution in [0.4, 0.5) is 17.2 Å².